The van der Waals surface area contributed by atoms with Gasteiger partial charge in [0.2, 0.25) is 0 Å². The summed E-state index contributed by atoms with van der Waals surface area (Å²) in [6.07, 6.45) is 5.09. The second-order valence-electron chi connectivity index (χ2n) is 4.19. The van der Waals surface area contributed by atoms with Gasteiger partial charge in [0, 0.05) is 6.04 Å². The van der Waals surface area contributed by atoms with Crippen molar-refractivity contribution < 1.29 is 4.74 Å². The van der Waals surface area contributed by atoms with Crippen LogP contribution in [0, 0.1) is 0 Å². The molecule has 0 spiro atoms. The van der Waals surface area contributed by atoms with E-state index in [4.69, 9.17) is 4.74 Å². The highest BCUT2D eigenvalue weighted by Crippen LogP contribution is 2.19. The van der Waals surface area contributed by atoms with E-state index < -0.39 is 0 Å². The van der Waals surface area contributed by atoms with Crippen LogP contribution in [0.3, 0.4) is 0 Å². The monoisotopic (exact) mass is 233 g/mol. The zero-order valence-corrected chi connectivity index (χ0v) is 10.9. The van der Waals surface area contributed by atoms with E-state index in [1.165, 1.54) is 5.56 Å². The topological polar surface area (TPSA) is 21.3 Å². The first kappa shape index (κ1) is 13.8. The predicted molar refractivity (Wildman–Crippen MR) is 73.6 cm³/mol. The number of methoxy groups -OCH3 is 1. The molecule has 1 rings (SSSR count). The van der Waals surface area contributed by atoms with E-state index in [0.717, 1.165) is 31.6 Å². The molecule has 0 fully saturated rings. The second-order valence-corrected chi connectivity index (χ2v) is 4.19. The first-order valence-electron chi connectivity index (χ1n) is 6.28. The molecule has 0 heterocycles. The second kappa shape index (κ2) is 7.91. The summed E-state index contributed by atoms with van der Waals surface area (Å²) in [7, 11) is 1.72. The van der Waals surface area contributed by atoms with Crippen LogP contribution < -0.4 is 10.1 Å². The smallest absolute Gasteiger partial charge is 0.122 e. The van der Waals surface area contributed by atoms with E-state index >= 15 is 0 Å². The Balaban J connectivity index is 2.66. The maximum absolute atomic E-state index is 5.38. The quantitative estimate of drug-likeness (QED) is 0.696. The maximum Gasteiger partial charge on any atom is 0.122 e. The molecule has 2 heteroatoms. The third kappa shape index (κ3) is 4.61. The van der Waals surface area contributed by atoms with E-state index in [0.29, 0.717) is 6.04 Å². The molecule has 0 aliphatic heterocycles. The van der Waals surface area contributed by atoms with Gasteiger partial charge >= 0.3 is 0 Å². The number of benzene rings is 1. The molecule has 0 radical (unpaired) electrons. The Morgan fingerprint density at radius 2 is 2.18 bits per heavy atom. The molecule has 1 aromatic carbocycles. The lowest BCUT2D eigenvalue weighted by Crippen LogP contribution is -2.31. The standard InChI is InChI=1S/C15H23NO/c1-4-8-14(16-11-5-2)12-13-9-6-7-10-15(13)17-3/h4,6-7,9-10,14,16H,1,5,8,11-12H2,2-3H3. The third-order valence-corrected chi connectivity index (χ3v) is 2.79. The van der Waals surface area contributed by atoms with Gasteiger partial charge in [0.25, 0.3) is 0 Å². The van der Waals surface area contributed by atoms with Crippen molar-refractivity contribution in [2.75, 3.05) is 13.7 Å². The molecule has 0 saturated carbocycles. The van der Waals surface area contributed by atoms with Crippen molar-refractivity contribution in [1.29, 1.82) is 0 Å². The summed E-state index contributed by atoms with van der Waals surface area (Å²) in [5.74, 6) is 0.972. The minimum atomic E-state index is 0.448. The lowest BCUT2D eigenvalue weighted by Gasteiger charge is -2.18. The van der Waals surface area contributed by atoms with Crippen LogP contribution in [0.25, 0.3) is 0 Å². The van der Waals surface area contributed by atoms with Gasteiger partial charge < -0.3 is 10.1 Å². The molecule has 0 saturated heterocycles. The maximum atomic E-state index is 5.38. The molecule has 1 atom stereocenters. The van der Waals surface area contributed by atoms with Crippen molar-refractivity contribution >= 4 is 0 Å². The molecule has 0 bridgehead atoms. The van der Waals surface area contributed by atoms with Crippen LogP contribution in [0.1, 0.15) is 25.3 Å². The molecule has 1 unspecified atom stereocenters. The number of rotatable bonds is 8. The molecule has 94 valence electrons. The van der Waals surface area contributed by atoms with E-state index in [9.17, 15) is 0 Å². The summed E-state index contributed by atoms with van der Waals surface area (Å²) >= 11 is 0. The summed E-state index contributed by atoms with van der Waals surface area (Å²) in [4.78, 5) is 0. The summed E-state index contributed by atoms with van der Waals surface area (Å²) in [6, 6.07) is 8.65. The van der Waals surface area contributed by atoms with E-state index in [2.05, 4.69) is 31.0 Å². The normalized spacial score (nSPS) is 12.1. The van der Waals surface area contributed by atoms with Gasteiger partial charge in [-0.3, -0.25) is 0 Å². The SMILES string of the molecule is C=CCC(Cc1ccccc1OC)NCCC. The van der Waals surface area contributed by atoms with Crippen LogP contribution >= 0.6 is 0 Å². The first-order valence-corrected chi connectivity index (χ1v) is 6.28. The van der Waals surface area contributed by atoms with Gasteiger partial charge in [-0.1, -0.05) is 31.2 Å². The molecule has 0 aliphatic carbocycles. The van der Waals surface area contributed by atoms with Crippen molar-refractivity contribution in [3.63, 3.8) is 0 Å². The van der Waals surface area contributed by atoms with E-state index in [1.807, 2.05) is 18.2 Å². The van der Waals surface area contributed by atoms with Gasteiger partial charge in [-0.05, 0) is 37.4 Å². The Morgan fingerprint density at radius 1 is 1.41 bits per heavy atom. The van der Waals surface area contributed by atoms with Gasteiger partial charge in [0.05, 0.1) is 7.11 Å². The predicted octanol–water partition coefficient (Wildman–Crippen LogP) is 3.18. The first-order chi connectivity index (χ1) is 8.31. The van der Waals surface area contributed by atoms with Gasteiger partial charge in [0.1, 0.15) is 5.75 Å². The average molecular weight is 233 g/mol. The van der Waals surface area contributed by atoms with Crippen molar-refractivity contribution in [3.8, 4) is 5.75 Å². The number of hydrogen-bond acceptors (Lipinski definition) is 2. The molecule has 0 aromatic heterocycles. The van der Waals surface area contributed by atoms with Crippen molar-refractivity contribution in [2.45, 2.75) is 32.2 Å². The minimum Gasteiger partial charge on any atom is -0.496 e. The fourth-order valence-electron chi connectivity index (χ4n) is 1.93. The molecule has 1 N–H and O–H groups in total. The molecule has 0 amide bonds. The highest BCUT2D eigenvalue weighted by molar-refractivity contribution is 5.33. The zero-order valence-electron chi connectivity index (χ0n) is 10.9. The zero-order chi connectivity index (χ0) is 12.5. The Bertz CT molecular complexity index is 335. The van der Waals surface area contributed by atoms with Crippen LogP contribution in [0.5, 0.6) is 5.75 Å². The largest absolute Gasteiger partial charge is 0.496 e. The summed E-state index contributed by atoms with van der Waals surface area (Å²) < 4.78 is 5.38. The third-order valence-electron chi connectivity index (χ3n) is 2.79. The Kier molecular flexibility index (Phi) is 6.41. The van der Waals surface area contributed by atoms with Crippen LogP contribution in [0.2, 0.25) is 0 Å². The number of ether oxygens (including phenoxy) is 1. The lowest BCUT2D eigenvalue weighted by atomic mass is 10.0. The van der Waals surface area contributed by atoms with Gasteiger partial charge in [-0.2, -0.15) is 0 Å². The number of nitrogens with one attached hydrogen (secondary N) is 1. The Morgan fingerprint density at radius 3 is 2.82 bits per heavy atom. The molecule has 1 aromatic rings. The minimum absolute atomic E-state index is 0.448. The van der Waals surface area contributed by atoms with Crippen LogP contribution in [-0.4, -0.2) is 19.7 Å². The van der Waals surface area contributed by atoms with E-state index in [1.54, 1.807) is 7.11 Å². The average Bonchev–Trinajstić information content (AvgIpc) is 2.37. The van der Waals surface area contributed by atoms with Crippen molar-refractivity contribution in [3.05, 3.63) is 42.5 Å². The molecule has 0 aliphatic rings. The molecular weight excluding hydrogens is 210 g/mol. The lowest BCUT2D eigenvalue weighted by molar-refractivity contribution is 0.404. The summed E-state index contributed by atoms with van der Waals surface area (Å²) in [5.41, 5.74) is 1.26. The van der Waals surface area contributed by atoms with Gasteiger partial charge in [0.15, 0.2) is 0 Å². The molecular formula is C15H23NO. The molecule has 17 heavy (non-hydrogen) atoms. The Labute approximate surface area is 105 Å². The molecule has 2 nitrogen and oxygen atoms in total. The van der Waals surface area contributed by atoms with Gasteiger partial charge in [-0.15, -0.1) is 6.58 Å². The van der Waals surface area contributed by atoms with Crippen LogP contribution in [-0.2, 0) is 6.42 Å². The summed E-state index contributed by atoms with van der Waals surface area (Å²) in [6.45, 7) is 7.05. The highest BCUT2D eigenvalue weighted by Gasteiger charge is 2.10. The fourth-order valence-corrected chi connectivity index (χ4v) is 1.93. The van der Waals surface area contributed by atoms with Gasteiger partial charge in [-0.25, -0.2) is 0 Å². The van der Waals surface area contributed by atoms with Crippen molar-refractivity contribution in [2.24, 2.45) is 0 Å². The number of para-hydroxylation sites is 1. The number of hydrogen-bond donors (Lipinski definition) is 1. The highest BCUT2D eigenvalue weighted by atomic mass is 16.5. The van der Waals surface area contributed by atoms with Crippen LogP contribution in [0.15, 0.2) is 36.9 Å². The Hall–Kier alpha value is -1.28. The van der Waals surface area contributed by atoms with E-state index in [-0.39, 0.29) is 0 Å². The fraction of sp³-hybridized carbons (Fsp3) is 0.467. The summed E-state index contributed by atoms with van der Waals surface area (Å²) in [5, 5.41) is 3.54. The van der Waals surface area contributed by atoms with Crippen molar-refractivity contribution in [1.82, 2.24) is 5.32 Å². The van der Waals surface area contributed by atoms with Crippen LogP contribution in [0.4, 0.5) is 0 Å².